The summed E-state index contributed by atoms with van der Waals surface area (Å²) in [6.07, 6.45) is 1.79. The van der Waals surface area contributed by atoms with Crippen molar-refractivity contribution in [3.05, 3.63) is 27.7 Å². The van der Waals surface area contributed by atoms with Crippen LogP contribution in [-0.4, -0.2) is 23.9 Å². The summed E-state index contributed by atoms with van der Waals surface area (Å²) in [5.74, 6) is -0.150. The number of benzene rings is 1. The van der Waals surface area contributed by atoms with Crippen LogP contribution in [0.5, 0.6) is 0 Å². The molecule has 0 saturated carbocycles. The molecule has 1 rings (SSSR count). The summed E-state index contributed by atoms with van der Waals surface area (Å²) in [4.78, 5) is 14.0. The van der Waals surface area contributed by atoms with Gasteiger partial charge in [-0.1, -0.05) is 37.0 Å². The fourth-order valence-corrected chi connectivity index (χ4v) is 2.38. The smallest absolute Gasteiger partial charge is 0.255 e. The minimum atomic E-state index is -0.150. The third-order valence-corrected chi connectivity index (χ3v) is 3.89. The largest absolute Gasteiger partial charge is 0.399 e. The summed E-state index contributed by atoms with van der Waals surface area (Å²) in [6.45, 7) is 4.10. The predicted octanol–water partition coefficient (Wildman–Crippen LogP) is 3.84. The van der Waals surface area contributed by atoms with Crippen molar-refractivity contribution in [2.24, 2.45) is 0 Å². The zero-order chi connectivity index (χ0) is 13.9. The SMILES string of the molecule is CCC(CC)N(C)C(=O)c1cc(N)cc(Cl)c1Cl. The molecule has 1 amide bonds. The highest BCUT2D eigenvalue weighted by molar-refractivity contribution is 6.44. The average molecular weight is 289 g/mol. The van der Waals surface area contributed by atoms with Crippen LogP contribution in [-0.2, 0) is 0 Å². The maximum atomic E-state index is 12.4. The summed E-state index contributed by atoms with van der Waals surface area (Å²) >= 11 is 12.0. The summed E-state index contributed by atoms with van der Waals surface area (Å²) in [5, 5.41) is 0.562. The Morgan fingerprint density at radius 2 is 1.89 bits per heavy atom. The molecule has 3 nitrogen and oxygen atoms in total. The number of halogens is 2. The van der Waals surface area contributed by atoms with E-state index in [1.165, 1.54) is 6.07 Å². The van der Waals surface area contributed by atoms with Gasteiger partial charge in [0.25, 0.3) is 5.91 Å². The van der Waals surface area contributed by atoms with Gasteiger partial charge < -0.3 is 10.6 Å². The zero-order valence-corrected chi connectivity index (χ0v) is 12.3. The topological polar surface area (TPSA) is 46.3 Å². The first kappa shape index (κ1) is 15.1. The molecule has 5 heteroatoms. The van der Waals surface area contributed by atoms with Crippen molar-refractivity contribution >= 4 is 34.8 Å². The van der Waals surface area contributed by atoms with E-state index >= 15 is 0 Å². The van der Waals surface area contributed by atoms with Crippen molar-refractivity contribution in [1.29, 1.82) is 0 Å². The first-order chi connectivity index (χ1) is 8.42. The quantitative estimate of drug-likeness (QED) is 0.856. The minimum absolute atomic E-state index is 0.150. The van der Waals surface area contributed by atoms with E-state index in [2.05, 4.69) is 0 Å². The molecule has 100 valence electrons. The molecule has 0 atom stereocenters. The molecule has 1 aromatic rings. The molecule has 0 fully saturated rings. The van der Waals surface area contributed by atoms with Crippen molar-refractivity contribution in [1.82, 2.24) is 4.90 Å². The van der Waals surface area contributed by atoms with Crippen LogP contribution in [0.25, 0.3) is 0 Å². The fourth-order valence-electron chi connectivity index (χ4n) is 1.96. The lowest BCUT2D eigenvalue weighted by atomic mass is 10.1. The Kier molecular flexibility index (Phi) is 5.29. The molecule has 0 saturated heterocycles. The fraction of sp³-hybridized carbons (Fsp3) is 0.462. The Morgan fingerprint density at radius 1 is 1.33 bits per heavy atom. The van der Waals surface area contributed by atoms with E-state index in [4.69, 9.17) is 28.9 Å². The van der Waals surface area contributed by atoms with E-state index in [1.54, 1.807) is 18.0 Å². The van der Waals surface area contributed by atoms with Gasteiger partial charge in [-0.25, -0.2) is 0 Å². The number of carbonyl (C=O) groups is 1. The molecule has 0 aliphatic heterocycles. The van der Waals surface area contributed by atoms with Crippen LogP contribution in [0.1, 0.15) is 37.0 Å². The van der Waals surface area contributed by atoms with E-state index < -0.39 is 0 Å². The first-order valence-electron chi connectivity index (χ1n) is 5.94. The van der Waals surface area contributed by atoms with E-state index in [0.717, 1.165) is 12.8 Å². The predicted molar refractivity (Wildman–Crippen MR) is 77.3 cm³/mol. The van der Waals surface area contributed by atoms with Gasteiger partial charge in [-0.15, -0.1) is 0 Å². The molecule has 0 aliphatic carbocycles. The van der Waals surface area contributed by atoms with Crippen molar-refractivity contribution in [2.45, 2.75) is 32.7 Å². The molecule has 0 heterocycles. The molecular formula is C13H18Cl2N2O. The van der Waals surface area contributed by atoms with Gasteiger partial charge >= 0.3 is 0 Å². The van der Waals surface area contributed by atoms with Gasteiger partial charge in [0.2, 0.25) is 0 Å². The monoisotopic (exact) mass is 288 g/mol. The molecule has 0 aliphatic rings. The number of anilines is 1. The first-order valence-corrected chi connectivity index (χ1v) is 6.69. The molecule has 18 heavy (non-hydrogen) atoms. The molecule has 2 N–H and O–H groups in total. The Balaban J connectivity index is 3.11. The number of rotatable bonds is 4. The van der Waals surface area contributed by atoms with Gasteiger partial charge in [0.15, 0.2) is 0 Å². The second-order valence-electron chi connectivity index (χ2n) is 4.25. The van der Waals surface area contributed by atoms with Crippen molar-refractivity contribution < 1.29 is 4.79 Å². The van der Waals surface area contributed by atoms with Crippen LogP contribution in [0.2, 0.25) is 10.0 Å². The van der Waals surface area contributed by atoms with Gasteiger partial charge in [-0.2, -0.15) is 0 Å². The molecule has 0 radical (unpaired) electrons. The molecule has 0 unspecified atom stereocenters. The standard InChI is InChI=1S/C13H18Cl2N2O/c1-4-9(5-2)17(3)13(18)10-6-8(16)7-11(14)12(10)15/h6-7,9H,4-5,16H2,1-3H3. The Bertz CT molecular complexity index is 445. The van der Waals surface area contributed by atoms with E-state index in [1.807, 2.05) is 13.8 Å². The molecule has 0 spiro atoms. The van der Waals surface area contributed by atoms with Crippen LogP contribution in [0.3, 0.4) is 0 Å². The lowest BCUT2D eigenvalue weighted by Gasteiger charge is -2.26. The number of nitrogens with two attached hydrogens (primary N) is 1. The van der Waals surface area contributed by atoms with Crippen molar-refractivity contribution in [3.8, 4) is 0 Å². The lowest BCUT2D eigenvalue weighted by Crippen LogP contribution is -2.36. The number of hydrogen-bond donors (Lipinski definition) is 1. The third kappa shape index (κ3) is 3.09. The van der Waals surface area contributed by atoms with Crippen molar-refractivity contribution in [3.63, 3.8) is 0 Å². The molecule has 0 bridgehead atoms. The Hall–Kier alpha value is -0.930. The Morgan fingerprint density at radius 3 is 2.39 bits per heavy atom. The number of nitrogen functional groups attached to an aromatic ring is 1. The second-order valence-corrected chi connectivity index (χ2v) is 5.04. The normalized spacial score (nSPS) is 10.8. The van der Waals surface area contributed by atoms with Gasteiger partial charge in [-0.05, 0) is 25.0 Å². The highest BCUT2D eigenvalue weighted by atomic mass is 35.5. The number of amides is 1. The van der Waals surface area contributed by atoms with Crippen molar-refractivity contribution in [2.75, 3.05) is 12.8 Å². The van der Waals surface area contributed by atoms with E-state index in [-0.39, 0.29) is 17.0 Å². The summed E-state index contributed by atoms with van der Waals surface area (Å²) in [6, 6.07) is 3.29. The number of nitrogens with zero attached hydrogens (tertiary/aromatic N) is 1. The number of carbonyl (C=O) groups excluding carboxylic acids is 1. The van der Waals surface area contributed by atoms with Crippen LogP contribution < -0.4 is 5.73 Å². The van der Waals surface area contributed by atoms with Gasteiger partial charge in [0, 0.05) is 18.8 Å². The highest BCUT2D eigenvalue weighted by Crippen LogP contribution is 2.30. The van der Waals surface area contributed by atoms with Crippen LogP contribution in [0.15, 0.2) is 12.1 Å². The van der Waals surface area contributed by atoms with E-state index in [9.17, 15) is 4.79 Å². The van der Waals surface area contributed by atoms with Crippen LogP contribution in [0.4, 0.5) is 5.69 Å². The van der Waals surface area contributed by atoms with Gasteiger partial charge in [-0.3, -0.25) is 4.79 Å². The minimum Gasteiger partial charge on any atom is -0.399 e. The second kappa shape index (κ2) is 6.30. The van der Waals surface area contributed by atoms with Gasteiger partial charge in [0.05, 0.1) is 15.6 Å². The zero-order valence-electron chi connectivity index (χ0n) is 10.8. The third-order valence-electron chi connectivity index (χ3n) is 3.09. The molecule has 1 aromatic carbocycles. The maximum absolute atomic E-state index is 12.4. The summed E-state index contributed by atoms with van der Waals surface area (Å²) in [7, 11) is 1.77. The van der Waals surface area contributed by atoms with Crippen LogP contribution in [0, 0.1) is 0 Å². The van der Waals surface area contributed by atoms with Crippen LogP contribution >= 0.6 is 23.2 Å². The maximum Gasteiger partial charge on any atom is 0.255 e. The average Bonchev–Trinajstić information content (AvgIpc) is 2.34. The molecular weight excluding hydrogens is 271 g/mol. The summed E-state index contributed by atoms with van der Waals surface area (Å²) in [5.41, 5.74) is 6.49. The Labute approximate surface area is 118 Å². The lowest BCUT2D eigenvalue weighted by molar-refractivity contribution is 0.0724. The summed E-state index contributed by atoms with van der Waals surface area (Å²) < 4.78 is 0. The number of hydrogen-bond acceptors (Lipinski definition) is 2. The van der Waals surface area contributed by atoms with E-state index in [0.29, 0.717) is 16.3 Å². The molecule has 0 aromatic heterocycles. The highest BCUT2D eigenvalue weighted by Gasteiger charge is 2.22. The van der Waals surface area contributed by atoms with Gasteiger partial charge in [0.1, 0.15) is 0 Å².